The first-order chi connectivity index (χ1) is 10.5. The van der Waals surface area contributed by atoms with Gasteiger partial charge in [-0.3, -0.25) is 0 Å². The molecule has 0 bridgehead atoms. The molecule has 0 saturated heterocycles. The summed E-state index contributed by atoms with van der Waals surface area (Å²) in [7, 11) is -3.76. The van der Waals surface area contributed by atoms with E-state index in [2.05, 4.69) is 5.10 Å². The van der Waals surface area contributed by atoms with E-state index in [-0.39, 0.29) is 23.7 Å². The second kappa shape index (κ2) is 6.99. The number of aromatic nitrogens is 2. The van der Waals surface area contributed by atoms with Crippen molar-refractivity contribution < 1.29 is 17.9 Å². The van der Waals surface area contributed by atoms with Crippen molar-refractivity contribution in [3.63, 3.8) is 0 Å². The summed E-state index contributed by atoms with van der Waals surface area (Å²) >= 11 is 0. The van der Waals surface area contributed by atoms with Crippen LogP contribution in [0.4, 0.5) is 4.39 Å². The minimum Gasteiger partial charge on any atom is -0.395 e. The zero-order valence-electron chi connectivity index (χ0n) is 12.2. The predicted molar refractivity (Wildman–Crippen MR) is 79.7 cm³/mol. The first-order valence-electron chi connectivity index (χ1n) is 6.91. The number of halogens is 1. The topological polar surface area (TPSA) is 75.4 Å². The lowest BCUT2D eigenvalue weighted by atomic mass is 10.3. The molecule has 0 aliphatic heterocycles. The van der Waals surface area contributed by atoms with Crippen molar-refractivity contribution in [2.45, 2.75) is 18.2 Å². The molecule has 1 aromatic heterocycles. The van der Waals surface area contributed by atoms with E-state index in [0.717, 1.165) is 0 Å². The Labute approximate surface area is 128 Å². The second-order valence-electron chi connectivity index (χ2n) is 4.70. The van der Waals surface area contributed by atoms with Crippen LogP contribution in [0.15, 0.2) is 41.6 Å². The SMILES string of the molecule is CCCN(CCO)S(=O)(=O)c1cnn(-c2ccccc2F)c1. The summed E-state index contributed by atoms with van der Waals surface area (Å²) < 4.78 is 41.1. The Bertz CT molecular complexity index is 724. The normalized spacial score (nSPS) is 12.0. The van der Waals surface area contributed by atoms with Crippen molar-refractivity contribution in [1.82, 2.24) is 14.1 Å². The largest absolute Gasteiger partial charge is 0.395 e. The fourth-order valence-corrected chi connectivity index (χ4v) is 3.53. The molecular weight excluding hydrogens is 309 g/mol. The van der Waals surface area contributed by atoms with Crippen molar-refractivity contribution in [2.24, 2.45) is 0 Å². The van der Waals surface area contributed by atoms with Crippen molar-refractivity contribution in [3.05, 3.63) is 42.5 Å². The van der Waals surface area contributed by atoms with Gasteiger partial charge in [0.1, 0.15) is 16.4 Å². The molecule has 0 unspecified atom stereocenters. The number of sulfonamides is 1. The van der Waals surface area contributed by atoms with Gasteiger partial charge in [0.2, 0.25) is 10.0 Å². The number of benzene rings is 1. The van der Waals surface area contributed by atoms with Crippen LogP contribution in [0.5, 0.6) is 0 Å². The number of aliphatic hydroxyl groups excluding tert-OH is 1. The van der Waals surface area contributed by atoms with Crippen molar-refractivity contribution in [2.75, 3.05) is 19.7 Å². The summed E-state index contributed by atoms with van der Waals surface area (Å²) in [5.74, 6) is -0.490. The second-order valence-corrected chi connectivity index (χ2v) is 6.64. The van der Waals surface area contributed by atoms with E-state index < -0.39 is 15.8 Å². The summed E-state index contributed by atoms with van der Waals surface area (Å²) in [5, 5.41) is 12.9. The number of nitrogens with zero attached hydrogens (tertiary/aromatic N) is 3. The van der Waals surface area contributed by atoms with Gasteiger partial charge in [0.15, 0.2) is 0 Å². The van der Waals surface area contributed by atoms with Gasteiger partial charge in [0, 0.05) is 13.1 Å². The molecule has 1 heterocycles. The summed E-state index contributed by atoms with van der Waals surface area (Å²) in [6.45, 7) is 1.90. The molecule has 2 rings (SSSR count). The molecule has 6 nitrogen and oxygen atoms in total. The lowest BCUT2D eigenvalue weighted by Crippen LogP contribution is -2.34. The monoisotopic (exact) mass is 327 g/mol. The van der Waals surface area contributed by atoms with Gasteiger partial charge < -0.3 is 5.11 Å². The van der Waals surface area contributed by atoms with Crippen LogP contribution in [0.25, 0.3) is 5.69 Å². The maximum atomic E-state index is 13.7. The van der Waals surface area contributed by atoms with E-state index in [1.165, 1.54) is 33.5 Å². The minimum atomic E-state index is -3.76. The van der Waals surface area contributed by atoms with Crippen LogP contribution < -0.4 is 0 Å². The first-order valence-corrected chi connectivity index (χ1v) is 8.35. The molecule has 0 radical (unpaired) electrons. The van der Waals surface area contributed by atoms with E-state index in [9.17, 15) is 12.8 Å². The number of hydrogen-bond donors (Lipinski definition) is 1. The van der Waals surface area contributed by atoms with Gasteiger partial charge in [-0.15, -0.1) is 0 Å². The standard InChI is InChI=1S/C14H18FN3O3S/c1-2-7-17(8-9-19)22(20,21)12-10-16-18(11-12)14-6-4-3-5-13(14)15/h3-6,10-11,19H,2,7-9H2,1H3. The van der Waals surface area contributed by atoms with Crippen LogP contribution in [0.2, 0.25) is 0 Å². The molecule has 0 aliphatic rings. The van der Waals surface area contributed by atoms with Crippen molar-refractivity contribution in [1.29, 1.82) is 0 Å². The molecule has 22 heavy (non-hydrogen) atoms. The fraction of sp³-hybridized carbons (Fsp3) is 0.357. The number of hydrogen-bond acceptors (Lipinski definition) is 4. The van der Waals surface area contributed by atoms with Crippen LogP contribution >= 0.6 is 0 Å². The fourth-order valence-electron chi connectivity index (χ4n) is 2.07. The summed E-state index contributed by atoms with van der Waals surface area (Å²) in [4.78, 5) is -0.0300. The highest BCUT2D eigenvalue weighted by Crippen LogP contribution is 2.18. The Hall–Kier alpha value is -1.77. The average molecular weight is 327 g/mol. The molecule has 0 fully saturated rings. The lowest BCUT2D eigenvalue weighted by Gasteiger charge is -2.19. The minimum absolute atomic E-state index is 0.0149. The van der Waals surface area contributed by atoms with E-state index >= 15 is 0 Å². The Morgan fingerprint density at radius 2 is 2.05 bits per heavy atom. The van der Waals surface area contributed by atoms with Crippen molar-refractivity contribution in [3.8, 4) is 5.69 Å². The van der Waals surface area contributed by atoms with Crippen LogP contribution in [-0.2, 0) is 10.0 Å². The molecule has 0 aliphatic carbocycles. The van der Waals surface area contributed by atoms with Gasteiger partial charge in [-0.2, -0.15) is 9.40 Å². The highest BCUT2D eigenvalue weighted by Gasteiger charge is 2.25. The van der Waals surface area contributed by atoms with Crippen LogP contribution in [0, 0.1) is 5.82 Å². The molecule has 1 aromatic carbocycles. The van der Waals surface area contributed by atoms with Gasteiger partial charge >= 0.3 is 0 Å². The molecule has 8 heteroatoms. The maximum absolute atomic E-state index is 13.7. The van der Waals surface area contributed by atoms with Crippen LogP contribution in [-0.4, -0.2) is 47.3 Å². The Morgan fingerprint density at radius 1 is 1.32 bits per heavy atom. The maximum Gasteiger partial charge on any atom is 0.246 e. The van der Waals surface area contributed by atoms with Crippen LogP contribution in [0.1, 0.15) is 13.3 Å². The first kappa shape index (κ1) is 16.6. The number of rotatable bonds is 7. The van der Waals surface area contributed by atoms with Gasteiger partial charge in [0.05, 0.1) is 19.0 Å². The quantitative estimate of drug-likeness (QED) is 0.834. The Balaban J connectivity index is 2.36. The summed E-state index contributed by atoms with van der Waals surface area (Å²) in [6.07, 6.45) is 3.08. The molecule has 0 spiro atoms. The van der Waals surface area contributed by atoms with Gasteiger partial charge in [-0.25, -0.2) is 17.5 Å². The molecule has 0 saturated carbocycles. The van der Waals surface area contributed by atoms with Crippen molar-refractivity contribution >= 4 is 10.0 Å². The third-order valence-corrected chi connectivity index (χ3v) is 4.97. The Morgan fingerprint density at radius 3 is 2.68 bits per heavy atom. The van der Waals surface area contributed by atoms with E-state index in [4.69, 9.17) is 5.11 Å². The van der Waals surface area contributed by atoms with Gasteiger partial charge in [0.25, 0.3) is 0 Å². The summed E-state index contributed by atoms with van der Waals surface area (Å²) in [6, 6.07) is 5.98. The average Bonchev–Trinajstić information content (AvgIpc) is 2.98. The van der Waals surface area contributed by atoms with E-state index in [1.807, 2.05) is 6.92 Å². The zero-order valence-corrected chi connectivity index (χ0v) is 13.0. The molecule has 1 N–H and O–H groups in total. The van der Waals surface area contributed by atoms with E-state index in [0.29, 0.717) is 13.0 Å². The molecule has 2 aromatic rings. The molecular formula is C14H18FN3O3S. The number of aliphatic hydroxyl groups is 1. The molecule has 120 valence electrons. The van der Waals surface area contributed by atoms with Crippen LogP contribution in [0.3, 0.4) is 0 Å². The lowest BCUT2D eigenvalue weighted by molar-refractivity contribution is 0.253. The van der Waals surface area contributed by atoms with Gasteiger partial charge in [-0.05, 0) is 18.6 Å². The summed E-state index contributed by atoms with van der Waals surface area (Å²) in [5.41, 5.74) is 0.174. The number of para-hydroxylation sites is 1. The van der Waals surface area contributed by atoms with E-state index in [1.54, 1.807) is 12.1 Å². The third-order valence-electron chi connectivity index (χ3n) is 3.12. The molecule has 0 amide bonds. The zero-order chi connectivity index (χ0) is 16.2. The smallest absolute Gasteiger partial charge is 0.246 e. The predicted octanol–water partition coefficient (Wildman–Crippen LogP) is 1.40. The highest BCUT2D eigenvalue weighted by atomic mass is 32.2. The van der Waals surface area contributed by atoms with Gasteiger partial charge in [-0.1, -0.05) is 19.1 Å². The molecule has 0 atom stereocenters. The third kappa shape index (κ3) is 3.34. The Kier molecular flexibility index (Phi) is 5.28. The highest BCUT2D eigenvalue weighted by molar-refractivity contribution is 7.89.